The lowest BCUT2D eigenvalue weighted by atomic mass is 9.89. The van der Waals surface area contributed by atoms with Gasteiger partial charge >= 0.3 is 0 Å². The van der Waals surface area contributed by atoms with Crippen LogP contribution in [0.2, 0.25) is 0 Å². The quantitative estimate of drug-likeness (QED) is 0.679. The van der Waals surface area contributed by atoms with E-state index in [2.05, 4.69) is 5.10 Å². The van der Waals surface area contributed by atoms with Crippen LogP contribution in [-0.2, 0) is 10.0 Å². The van der Waals surface area contributed by atoms with Crippen LogP contribution in [0, 0.1) is 0 Å². The molecule has 0 amide bonds. The third kappa shape index (κ3) is 1.54. The van der Waals surface area contributed by atoms with Crippen LogP contribution in [0.3, 0.4) is 0 Å². The van der Waals surface area contributed by atoms with E-state index in [1.807, 2.05) is 0 Å². The number of hydrogen-bond acceptors (Lipinski definition) is 4. The second kappa shape index (κ2) is 3.04. The fraction of sp³-hybridized carbons (Fsp3) is 0.571. The van der Waals surface area contributed by atoms with E-state index in [1.54, 1.807) is 0 Å². The van der Waals surface area contributed by atoms with Gasteiger partial charge in [0.25, 0.3) is 10.0 Å². The zero-order chi connectivity index (χ0) is 10.3. The summed E-state index contributed by atoms with van der Waals surface area (Å²) >= 11 is 0. The molecule has 1 aliphatic rings. The SMILES string of the molecule is NS(=O)(=O)c1ccn([C@@H]2CC[C@@H]2O)n1. The Labute approximate surface area is 81.4 Å². The Kier molecular flexibility index (Phi) is 2.09. The summed E-state index contributed by atoms with van der Waals surface area (Å²) in [7, 11) is -3.73. The minimum Gasteiger partial charge on any atom is -0.391 e. The number of nitrogens with two attached hydrogens (primary N) is 1. The molecule has 0 radical (unpaired) electrons. The van der Waals surface area contributed by atoms with E-state index in [4.69, 9.17) is 5.14 Å². The highest BCUT2D eigenvalue weighted by Crippen LogP contribution is 2.31. The van der Waals surface area contributed by atoms with Crippen molar-refractivity contribution in [2.45, 2.75) is 30.0 Å². The summed E-state index contributed by atoms with van der Waals surface area (Å²) in [6.45, 7) is 0. The normalized spacial score (nSPS) is 27.3. The minimum atomic E-state index is -3.73. The molecule has 1 saturated carbocycles. The number of hydrogen-bond donors (Lipinski definition) is 2. The van der Waals surface area contributed by atoms with Gasteiger partial charge in [0.05, 0.1) is 12.1 Å². The van der Waals surface area contributed by atoms with Crippen LogP contribution in [0.1, 0.15) is 18.9 Å². The monoisotopic (exact) mass is 217 g/mol. The predicted molar refractivity (Wildman–Crippen MR) is 47.9 cm³/mol. The summed E-state index contributed by atoms with van der Waals surface area (Å²) in [5.74, 6) is 0. The van der Waals surface area contributed by atoms with Gasteiger partial charge in [-0.25, -0.2) is 13.6 Å². The zero-order valence-electron chi connectivity index (χ0n) is 7.37. The maximum absolute atomic E-state index is 10.9. The van der Waals surface area contributed by atoms with E-state index < -0.39 is 16.1 Å². The first-order valence-corrected chi connectivity index (χ1v) is 5.79. The van der Waals surface area contributed by atoms with Gasteiger partial charge in [0.1, 0.15) is 0 Å². The van der Waals surface area contributed by atoms with Gasteiger partial charge in [0.15, 0.2) is 5.03 Å². The van der Waals surface area contributed by atoms with Crippen LogP contribution in [0.4, 0.5) is 0 Å². The molecule has 78 valence electrons. The summed E-state index contributed by atoms with van der Waals surface area (Å²) in [6.07, 6.45) is 2.64. The van der Waals surface area contributed by atoms with Crippen LogP contribution in [0.15, 0.2) is 17.3 Å². The number of nitrogens with zero attached hydrogens (tertiary/aromatic N) is 2. The molecule has 1 aliphatic carbocycles. The van der Waals surface area contributed by atoms with Gasteiger partial charge in [-0.3, -0.25) is 4.68 Å². The third-order valence-corrected chi connectivity index (χ3v) is 3.22. The van der Waals surface area contributed by atoms with Gasteiger partial charge in [-0.2, -0.15) is 5.10 Å². The van der Waals surface area contributed by atoms with Crippen LogP contribution in [0.5, 0.6) is 0 Å². The predicted octanol–water partition coefficient (Wildman–Crippen LogP) is -0.774. The molecule has 6 nitrogen and oxygen atoms in total. The van der Waals surface area contributed by atoms with Crippen molar-refractivity contribution in [3.63, 3.8) is 0 Å². The highest BCUT2D eigenvalue weighted by atomic mass is 32.2. The van der Waals surface area contributed by atoms with E-state index in [1.165, 1.54) is 16.9 Å². The molecule has 1 aromatic heterocycles. The molecule has 0 saturated heterocycles. The van der Waals surface area contributed by atoms with Gasteiger partial charge in [-0.05, 0) is 18.9 Å². The summed E-state index contributed by atoms with van der Waals surface area (Å²) in [4.78, 5) is 0. The second-order valence-electron chi connectivity index (χ2n) is 3.39. The Morgan fingerprint density at radius 2 is 2.29 bits per heavy atom. The van der Waals surface area contributed by atoms with Crippen molar-refractivity contribution in [3.8, 4) is 0 Å². The molecular formula is C7H11N3O3S. The van der Waals surface area contributed by atoms with Crippen molar-refractivity contribution < 1.29 is 13.5 Å². The van der Waals surface area contributed by atoms with Gasteiger partial charge in [0, 0.05) is 6.20 Å². The molecule has 0 aliphatic heterocycles. The summed E-state index contributed by atoms with van der Waals surface area (Å²) in [6, 6.07) is 1.23. The molecule has 0 spiro atoms. The maximum atomic E-state index is 10.9. The number of aromatic nitrogens is 2. The first-order valence-electron chi connectivity index (χ1n) is 4.24. The lowest BCUT2D eigenvalue weighted by molar-refractivity contribution is 0.0248. The third-order valence-electron chi connectivity index (χ3n) is 2.42. The summed E-state index contributed by atoms with van der Waals surface area (Å²) in [5.41, 5.74) is 0. The Balaban J connectivity index is 2.26. The summed E-state index contributed by atoms with van der Waals surface area (Å²) in [5, 5.41) is 17.9. The maximum Gasteiger partial charge on any atom is 0.257 e. The first kappa shape index (κ1) is 9.63. The highest BCUT2D eigenvalue weighted by Gasteiger charge is 2.31. The zero-order valence-corrected chi connectivity index (χ0v) is 8.18. The molecule has 0 bridgehead atoms. The number of primary sulfonamides is 1. The fourth-order valence-electron chi connectivity index (χ4n) is 1.43. The van der Waals surface area contributed by atoms with Crippen molar-refractivity contribution in [1.82, 2.24) is 9.78 Å². The van der Waals surface area contributed by atoms with Crippen LogP contribution < -0.4 is 5.14 Å². The Morgan fingerprint density at radius 3 is 2.64 bits per heavy atom. The Bertz CT molecular complexity index is 439. The summed E-state index contributed by atoms with van der Waals surface area (Å²) < 4.78 is 23.2. The Morgan fingerprint density at radius 1 is 1.57 bits per heavy atom. The fourth-order valence-corrected chi connectivity index (χ4v) is 1.89. The molecule has 3 N–H and O–H groups in total. The van der Waals surface area contributed by atoms with E-state index in [9.17, 15) is 13.5 Å². The number of rotatable bonds is 2. The molecule has 0 unspecified atom stereocenters. The standard InChI is InChI=1S/C7H11N3O3S/c8-14(12,13)7-3-4-10(9-7)5-1-2-6(5)11/h3-6,11H,1-2H2,(H2,8,12,13)/t5-,6+/m1/s1. The van der Waals surface area contributed by atoms with E-state index in [-0.39, 0.29) is 11.1 Å². The van der Waals surface area contributed by atoms with Crippen molar-refractivity contribution in [3.05, 3.63) is 12.3 Å². The first-order chi connectivity index (χ1) is 6.48. The van der Waals surface area contributed by atoms with Crippen molar-refractivity contribution >= 4 is 10.0 Å². The smallest absolute Gasteiger partial charge is 0.257 e. The average Bonchev–Trinajstić information content (AvgIpc) is 2.49. The van der Waals surface area contributed by atoms with Gasteiger partial charge < -0.3 is 5.11 Å². The van der Waals surface area contributed by atoms with Gasteiger partial charge in [-0.15, -0.1) is 0 Å². The topological polar surface area (TPSA) is 98.2 Å². The van der Waals surface area contributed by atoms with Gasteiger partial charge in [-0.1, -0.05) is 0 Å². The van der Waals surface area contributed by atoms with E-state index in [0.717, 1.165) is 12.8 Å². The van der Waals surface area contributed by atoms with Crippen molar-refractivity contribution in [2.75, 3.05) is 0 Å². The van der Waals surface area contributed by atoms with Crippen molar-refractivity contribution in [1.29, 1.82) is 0 Å². The number of sulfonamides is 1. The molecular weight excluding hydrogens is 206 g/mol. The highest BCUT2D eigenvalue weighted by molar-refractivity contribution is 7.89. The van der Waals surface area contributed by atoms with Crippen LogP contribution >= 0.6 is 0 Å². The Hall–Kier alpha value is -0.920. The van der Waals surface area contributed by atoms with Gasteiger partial charge in [0.2, 0.25) is 0 Å². The molecule has 2 rings (SSSR count). The molecule has 7 heteroatoms. The lowest BCUT2D eigenvalue weighted by Crippen LogP contribution is -2.34. The average molecular weight is 217 g/mol. The molecule has 1 fully saturated rings. The number of aliphatic hydroxyl groups is 1. The largest absolute Gasteiger partial charge is 0.391 e. The minimum absolute atomic E-state index is 0.106. The molecule has 14 heavy (non-hydrogen) atoms. The molecule has 1 heterocycles. The van der Waals surface area contributed by atoms with Crippen molar-refractivity contribution in [2.24, 2.45) is 5.14 Å². The molecule has 1 aromatic rings. The number of aliphatic hydroxyl groups excluding tert-OH is 1. The molecule has 2 atom stereocenters. The second-order valence-corrected chi connectivity index (χ2v) is 4.90. The molecule has 0 aromatic carbocycles. The van der Waals surface area contributed by atoms with E-state index in [0.29, 0.717) is 0 Å². The van der Waals surface area contributed by atoms with Crippen LogP contribution in [0.25, 0.3) is 0 Å². The lowest BCUT2D eigenvalue weighted by Gasteiger charge is -2.32. The van der Waals surface area contributed by atoms with Crippen LogP contribution in [-0.4, -0.2) is 29.4 Å². The van der Waals surface area contributed by atoms with E-state index >= 15 is 0 Å².